The Bertz CT molecular complexity index is 929. The van der Waals surface area contributed by atoms with Gasteiger partial charge in [0, 0.05) is 19.6 Å². The molecule has 1 saturated heterocycles. The van der Waals surface area contributed by atoms with Crippen molar-refractivity contribution in [3.05, 3.63) is 30.2 Å². The Kier molecular flexibility index (Phi) is 7.93. The highest BCUT2D eigenvalue weighted by Gasteiger charge is 2.33. The van der Waals surface area contributed by atoms with Gasteiger partial charge < -0.3 is 24.1 Å². The number of amides is 2. The lowest BCUT2D eigenvalue weighted by atomic mass is 9.79. The molecule has 1 aromatic heterocycles. The third kappa shape index (κ3) is 6.31. The molecule has 4 rings (SSSR count). The molecule has 0 radical (unpaired) electrons. The quantitative estimate of drug-likeness (QED) is 0.649. The number of fused-ring (bicyclic) bond motifs is 1. The molecule has 33 heavy (non-hydrogen) atoms. The lowest BCUT2D eigenvalue weighted by Gasteiger charge is -2.35. The van der Waals surface area contributed by atoms with Crippen molar-refractivity contribution in [1.82, 2.24) is 15.2 Å². The molecule has 0 spiro atoms. The Morgan fingerprint density at radius 1 is 1.12 bits per heavy atom. The maximum atomic E-state index is 13.2. The first-order chi connectivity index (χ1) is 16.1. The number of carbonyl (C=O) groups is 3. The second-order valence-corrected chi connectivity index (χ2v) is 8.69. The fourth-order valence-corrected chi connectivity index (χ4v) is 4.62. The van der Waals surface area contributed by atoms with Crippen LogP contribution in [0.4, 0.5) is 4.79 Å². The minimum atomic E-state index is -0.698. The fraction of sp³-hybridized carbons (Fsp3) is 0.583. The van der Waals surface area contributed by atoms with Gasteiger partial charge in [-0.15, -0.1) is 0 Å². The van der Waals surface area contributed by atoms with E-state index in [0.29, 0.717) is 43.3 Å². The van der Waals surface area contributed by atoms with E-state index in [1.165, 1.54) is 6.42 Å². The third-order valence-corrected chi connectivity index (χ3v) is 6.38. The fourth-order valence-electron chi connectivity index (χ4n) is 4.62. The Balaban J connectivity index is 1.26. The van der Waals surface area contributed by atoms with Crippen molar-refractivity contribution in [3.8, 4) is 0 Å². The molecule has 9 heteroatoms. The van der Waals surface area contributed by atoms with Gasteiger partial charge in [-0.2, -0.15) is 0 Å². The van der Waals surface area contributed by atoms with E-state index in [4.69, 9.17) is 13.9 Å². The molecule has 1 saturated carbocycles. The first-order valence-corrected chi connectivity index (χ1v) is 11.7. The van der Waals surface area contributed by atoms with Crippen LogP contribution in [0.3, 0.4) is 0 Å². The standard InChI is InChI=1S/C24H31N3O6/c28-18(14-22-26-20-8-4-5-9-21(20)33-22)16-32-24(30)25-15-19(17-6-2-1-3-7-17)23(29)27-10-12-31-13-11-27/h4-5,8-9,17,19H,1-3,6-7,10-16H2,(H,25,30). The first-order valence-electron chi connectivity index (χ1n) is 11.7. The molecule has 1 aromatic carbocycles. The number of rotatable bonds is 8. The van der Waals surface area contributed by atoms with Crippen molar-refractivity contribution in [2.24, 2.45) is 11.8 Å². The van der Waals surface area contributed by atoms with Gasteiger partial charge in [0.25, 0.3) is 0 Å². The molecule has 1 atom stereocenters. The lowest BCUT2D eigenvalue weighted by molar-refractivity contribution is -0.141. The molecule has 9 nitrogen and oxygen atoms in total. The maximum absolute atomic E-state index is 13.2. The Hall–Kier alpha value is -2.94. The zero-order valence-corrected chi connectivity index (χ0v) is 18.8. The number of alkyl carbamates (subject to hydrolysis) is 1. The highest BCUT2D eigenvalue weighted by atomic mass is 16.6. The molecule has 2 aliphatic rings. The number of carbonyl (C=O) groups excluding carboxylic acids is 3. The van der Waals surface area contributed by atoms with Gasteiger partial charge in [0.2, 0.25) is 11.8 Å². The Morgan fingerprint density at radius 2 is 1.88 bits per heavy atom. The molecule has 1 N–H and O–H groups in total. The molecule has 1 unspecified atom stereocenters. The van der Waals surface area contributed by atoms with Crippen LogP contribution >= 0.6 is 0 Å². The average molecular weight is 458 g/mol. The number of benzene rings is 1. The number of ketones is 1. The largest absolute Gasteiger partial charge is 0.442 e. The molecule has 2 heterocycles. The summed E-state index contributed by atoms with van der Waals surface area (Å²) in [5.41, 5.74) is 1.29. The monoisotopic (exact) mass is 457 g/mol. The van der Waals surface area contributed by atoms with E-state index in [1.54, 1.807) is 12.1 Å². The molecule has 2 amide bonds. The summed E-state index contributed by atoms with van der Waals surface area (Å²) >= 11 is 0. The van der Waals surface area contributed by atoms with Crippen molar-refractivity contribution in [1.29, 1.82) is 0 Å². The summed E-state index contributed by atoms with van der Waals surface area (Å²) in [5, 5.41) is 2.71. The minimum absolute atomic E-state index is 0.0534. The predicted octanol–water partition coefficient (Wildman–Crippen LogP) is 2.72. The van der Waals surface area contributed by atoms with Gasteiger partial charge in [-0.3, -0.25) is 9.59 Å². The number of Topliss-reactive ketones (excluding diaryl/α,β-unsaturated/α-hetero) is 1. The normalized spacial score (nSPS) is 18.1. The van der Waals surface area contributed by atoms with Crippen molar-refractivity contribution in [2.75, 3.05) is 39.5 Å². The highest BCUT2D eigenvalue weighted by molar-refractivity contribution is 5.84. The number of nitrogens with one attached hydrogen (secondary N) is 1. The number of morpholine rings is 1. The zero-order valence-electron chi connectivity index (χ0n) is 18.8. The molecule has 0 bridgehead atoms. The molecule has 1 aliphatic heterocycles. The van der Waals surface area contributed by atoms with Gasteiger partial charge in [-0.25, -0.2) is 9.78 Å². The van der Waals surface area contributed by atoms with Gasteiger partial charge in [0.05, 0.1) is 25.6 Å². The van der Waals surface area contributed by atoms with E-state index in [0.717, 1.165) is 25.7 Å². The number of nitrogens with zero attached hydrogens (tertiary/aromatic N) is 2. The van der Waals surface area contributed by atoms with E-state index in [-0.39, 0.29) is 43.1 Å². The van der Waals surface area contributed by atoms with Crippen LogP contribution in [0.2, 0.25) is 0 Å². The maximum Gasteiger partial charge on any atom is 0.407 e. The van der Waals surface area contributed by atoms with Gasteiger partial charge in [-0.1, -0.05) is 31.4 Å². The summed E-state index contributed by atoms with van der Waals surface area (Å²) in [6.07, 6.45) is 4.62. The van der Waals surface area contributed by atoms with E-state index in [1.807, 2.05) is 17.0 Å². The summed E-state index contributed by atoms with van der Waals surface area (Å²) in [6.45, 7) is 2.07. The summed E-state index contributed by atoms with van der Waals surface area (Å²) in [7, 11) is 0. The third-order valence-electron chi connectivity index (χ3n) is 6.38. The van der Waals surface area contributed by atoms with Crippen molar-refractivity contribution >= 4 is 28.9 Å². The number of oxazole rings is 1. The van der Waals surface area contributed by atoms with Crippen LogP contribution in [0.15, 0.2) is 28.7 Å². The summed E-state index contributed by atoms with van der Waals surface area (Å²) in [4.78, 5) is 43.7. The molecule has 2 aromatic rings. The molecule has 2 fully saturated rings. The zero-order chi connectivity index (χ0) is 23.0. The summed E-state index contributed by atoms with van der Waals surface area (Å²) in [5.74, 6) is 0.00253. The Morgan fingerprint density at radius 3 is 2.64 bits per heavy atom. The summed E-state index contributed by atoms with van der Waals surface area (Å²) in [6, 6.07) is 7.25. The van der Waals surface area contributed by atoms with E-state index in [2.05, 4.69) is 10.3 Å². The van der Waals surface area contributed by atoms with E-state index >= 15 is 0 Å². The van der Waals surface area contributed by atoms with Gasteiger partial charge in [0.15, 0.2) is 18.0 Å². The van der Waals surface area contributed by atoms with Crippen LogP contribution in [0.5, 0.6) is 0 Å². The van der Waals surface area contributed by atoms with Crippen molar-refractivity contribution in [2.45, 2.75) is 38.5 Å². The molecule has 178 valence electrons. The van der Waals surface area contributed by atoms with Crippen LogP contribution in [-0.4, -0.2) is 67.1 Å². The van der Waals surface area contributed by atoms with E-state index < -0.39 is 6.09 Å². The van der Waals surface area contributed by atoms with Crippen LogP contribution < -0.4 is 5.32 Å². The number of hydrogen-bond acceptors (Lipinski definition) is 7. The highest BCUT2D eigenvalue weighted by Crippen LogP contribution is 2.31. The first kappa shape index (κ1) is 23.2. The topological polar surface area (TPSA) is 111 Å². The van der Waals surface area contributed by atoms with Gasteiger partial charge >= 0.3 is 6.09 Å². The second kappa shape index (κ2) is 11.3. The predicted molar refractivity (Wildman–Crippen MR) is 120 cm³/mol. The molecular formula is C24H31N3O6. The smallest absolute Gasteiger partial charge is 0.407 e. The van der Waals surface area contributed by atoms with Crippen LogP contribution in [0.25, 0.3) is 11.1 Å². The average Bonchev–Trinajstić information content (AvgIpc) is 3.26. The Labute approximate surface area is 192 Å². The molecule has 1 aliphatic carbocycles. The number of ether oxygens (including phenoxy) is 2. The van der Waals surface area contributed by atoms with Crippen LogP contribution in [-0.2, 0) is 25.5 Å². The SMILES string of the molecule is O=C(COC(=O)NCC(C(=O)N1CCOCC1)C1CCCCC1)Cc1nc2ccccc2o1. The lowest BCUT2D eigenvalue weighted by Crippen LogP contribution is -2.49. The second-order valence-electron chi connectivity index (χ2n) is 8.69. The van der Waals surface area contributed by atoms with E-state index in [9.17, 15) is 14.4 Å². The molecular weight excluding hydrogens is 426 g/mol. The minimum Gasteiger partial charge on any atom is -0.442 e. The number of hydrogen-bond donors (Lipinski definition) is 1. The van der Waals surface area contributed by atoms with Gasteiger partial charge in [-0.05, 0) is 30.9 Å². The van der Waals surface area contributed by atoms with Crippen molar-refractivity contribution < 1.29 is 28.3 Å². The number of para-hydroxylation sites is 2. The van der Waals surface area contributed by atoms with Gasteiger partial charge in [0.1, 0.15) is 5.52 Å². The number of aromatic nitrogens is 1. The van der Waals surface area contributed by atoms with Crippen LogP contribution in [0, 0.1) is 11.8 Å². The van der Waals surface area contributed by atoms with Crippen molar-refractivity contribution in [3.63, 3.8) is 0 Å². The van der Waals surface area contributed by atoms with Crippen LogP contribution in [0.1, 0.15) is 38.0 Å². The summed E-state index contributed by atoms with van der Waals surface area (Å²) < 4.78 is 16.0.